The Balaban J connectivity index is 2.83. The van der Waals surface area contributed by atoms with E-state index in [1.54, 1.807) is 0 Å². The summed E-state index contributed by atoms with van der Waals surface area (Å²) in [4.78, 5) is 36.8. The van der Waals surface area contributed by atoms with Crippen LogP contribution >= 0.6 is 15.2 Å². The van der Waals surface area contributed by atoms with Gasteiger partial charge >= 0.3 is 15.2 Å². The predicted octanol–water partition coefficient (Wildman–Crippen LogP) is 0.981. The molecule has 8 nitrogen and oxygen atoms in total. The third kappa shape index (κ3) is 5.20. The fourth-order valence-electron chi connectivity index (χ4n) is 2.98. The molecule has 1 unspecified atom stereocenters. The average Bonchev–Trinajstić information content (AvgIpc) is 2.33. The van der Waals surface area contributed by atoms with Crippen LogP contribution in [0.25, 0.3) is 0 Å². The summed E-state index contributed by atoms with van der Waals surface area (Å²) in [5.74, 6) is 7.47. The van der Waals surface area contributed by atoms with E-state index in [0.717, 1.165) is 19.3 Å². The van der Waals surface area contributed by atoms with Crippen LogP contribution in [0.5, 0.6) is 0 Å². The first-order valence-corrected chi connectivity index (χ1v) is 10.1. The molecule has 119 valence electrons. The third-order valence-electron chi connectivity index (χ3n) is 3.97. The molecule has 1 fully saturated rings. The van der Waals surface area contributed by atoms with Crippen LogP contribution in [0.2, 0.25) is 0 Å². The summed E-state index contributed by atoms with van der Waals surface area (Å²) in [5, 5.41) is 0. The lowest BCUT2D eigenvalue weighted by molar-refractivity contribution is 0.191. The second-order valence-corrected chi connectivity index (χ2v) is 9.06. The number of hydrogen-bond acceptors (Lipinski definition) is 3. The fraction of sp³-hybridized carbons (Fsp3) is 1.00. The summed E-state index contributed by atoms with van der Waals surface area (Å²) in [6, 6.07) is 0. The van der Waals surface area contributed by atoms with Crippen molar-refractivity contribution in [3.8, 4) is 0 Å². The Kier molecular flexibility index (Phi) is 6.38. The van der Waals surface area contributed by atoms with Gasteiger partial charge in [-0.2, -0.15) is 5.84 Å². The maximum Gasteiger partial charge on any atom is 0.330 e. The zero-order valence-corrected chi connectivity index (χ0v) is 13.0. The molecular formula is C10H23N2O6P2. The molecule has 0 aliphatic heterocycles. The van der Waals surface area contributed by atoms with Crippen LogP contribution in [-0.4, -0.2) is 36.9 Å². The van der Waals surface area contributed by atoms with E-state index < -0.39 is 32.6 Å². The topological polar surface area (TPSA) is 151 Å². The highest BCUT2D eigenvalue weighted by atomic mass is 31.2. The minimum atomic E-state index is -4.44. The van der Waals surface area contributed by atoms with Crippen LogP contribution in [0.3, 0.4) is 0 Å². The van der Waals surface area contributed by atoms with Gasteiger partial charge in [0.15, 0.2) is 0 Å². The normalized spacial score (nSPS) is 21.6. The lowest BCUT2D eigenvalue weighted by atomic mass is 9.78. The third-order valence-corrected chi connectivity index (χ3v) is 6.43. The molecule has 10 heteroatoms. The summed E-state index contributed by atoms with van der Waals surface area (Å²) < 4.78 is 22.6. The van der Waals surface area contributed by atoms with E-state index in [4.69, 9.17) is 15.6 Å². The minimum Gasteiger partial charge on any atom is -0.324 e. The average molecular weight is 329 g/mol. The maximum absolute atomic E-state index is 11.7. The quantitative estimate of drug-likeness (QED) is 0.345. The Bertz CT molecular complexity index is 401. The van der Waals surface area contributed by atoms with Gasteiger partial charge in [0.25, 0.3) is 0 Å². The lowest BCUT2D eigenvalue weighted by Crippen LogP contribution is -2.55. The van der Waals surface area contributed by atoms with Crippen LogP contribution in [0, 0.1) is 0 Å². The van der Waals surface area contributed by atoms with Gasteiger partial charge in [0.05, 0.1) is 5.66 Å². The van der Waals surface area contributed by atoms with Gasteiger partial charge in [-0.15, -0.1) is 0 Å². The van der Waals surface area contributed by atoms with Gasteiger partial charge in [0.1, 0.15) is 0 Å². The molecule has 0 aromatic heterocycles. The summed E-state index contributed by atoms with van der Waals surface area (Å²) in [6.45, 7) is 0. The molecule has 0 spiro atoms. The Labute approximate surface area is 118 Å². The van der Waals surface area contributed by atoms with E-state index in [-0.39, 0.29) is 12.8 Å². The standard InChI is InChI=1S/C10H23N2O6P2/c11-12-10(6-2-1-3-7-10)9(20(16,17)18)5-4-8-19(13,14)15/h9,11-12H,1-8H2,(H2,13,14,15)(H2,16,17,18). The van der Waals surface area contributed by atoms with Crippen LogP contribution < -0.4 is 11.3 Å². The molecule has 6 N–H and O–H groups in total. The van der Waals surface area contributed by atoms with Crippen molar-refractivity contribution in [3.63, 3.8) is 0 Å². The maximum atomic E-state index is 11.7. The molecule has 0 aromatic carbocycles. The highest BCUT2D eigenvalue weighted by Crippen LogP contribution is 2.53. The Morgan fingerprint density at radius 1 is 1.10 bits per heavy atom. The summed E-state index contributed by atoms with van der Waals surface area (Å²) in [6.07, 6.45) is 3.20. The molecule has 1 radical (unpaired) electrons. The molecule has 0 amide bonds. The molecule has 0 bridgehead atoms. The van der Waals surface area contributed by atoms with Gasteiger partial charge in [0, 0.05) is 11.7 Å². The second kappa shape index (κ2) is 6.99. The van der Waals surface area contributed by atoms with Gasteiger partial charge in [-0.25, -0.2) is 5.43 Å². The number of hydrogen-bond donors (Lipinski definition) is 5. The van der Waals surface area contributed by atoms with Crippen LogP contribution in [0.1, 0.15) is 44.9 Å². The van der Waals surface area contributed by atoms with Gasteiger partial charge in [-0.3, -0.25) is 9.13 Å². The van der Waals surface area contributed by atoms with Crippen molar-refractivity contribution in [1.29, 1.82) is 0 Å². The molecule has 1 aliphatic rings. The highest BCUT2D eigenvalue weighted by molar-refractivity contribution is 7.52. The summed E-state index contributed by atoms with van der Waals surface area (Å²) in [5.41, 5.74) is 0.313. The van der Waals surface area contributed by atoms with E-state index in [1.165, 1.54) is 0 Å². The van der Waals surface area contributed by atoms with E-state index in [1.807, 2.05) is 0 Å². The minimum absolute atomic E-state index is 0.00126. The Morgan fingerprint density at radius 3 is 2.05 bits per heavy atom. The van der Waals surface area contributed by atoms with E-state index in [0.29, 0.717) is 12.8 Å². The van der Waals surface area contributed by atoms with Crippen LogP contribution in [0.15, 0.2) is 0 Å². The van der Waals surface area contributed by atoms with Crippen LogP contribution in [0.4, 0.5) is 0 Å². The molecule has 0 saturated heterocycles. The van der Waals surface area contributed by atoms with E-state index in [9.17, 15) is 18.9 Å². The van der Waals surface area contributed by atoms with Crippen molar-refractivity contribution >= 4 is 15.2 Å². The van der Waals surface area contributed by atoms with E-state index in [2.05, 4.69) is 5.43 Å². The van der Waals surface area contributed by atoms with Crippen molar-refractivity contribution in [3.05, 3.63) is 0 Å². The number of rotatable bonds is 7. The van der Waals surface area contributed by atoms with Crippen molar-refractivity contribution in [2.75, 3.05) is 6.16 Å². The van der Waals surface area contributed by atoms with Crippen LogP contribution in [-0.2, 0) is 9.13 Å². The second-order valence-electron chi connectivity index (χ2n) is 5.48. The summed E-state index contributed by atoms with van der Waals surface area (Å²) >= 11 is 0. The first kappa shape index (κ1) is 18.3. The zero-order valence-electron chi connectivity index (χ0n) is 11.2. The first-order chi connectivity index (χ1) is 9.11. The molecule has 20 heavy (non-hydrogen) atoms. The monoisotopic (exact) mass is 329 g/mol. The molecule has 1 saturated carbocycles. The van der Waals surface area contributed by atoms with Crippen molar-refractivity contribution in [2.45, 2.75) is 56.1 Å². The van der Waals surface area contributed by atoms with Crippen molar-refractivity contribution < 1.29 is 28.7 Å². The Hall–Kier alpha value is 0.220. The van der Waals surface area contributed by atoms with Gasteiger partial charge in [-0.05, 0) is 25.7 Å². The van der Waals surface area contributed by atoms with Crippen molar-refractivity contribution in [1.82, 2.24) is 11.3 Å². The fourth-order valence-corrected chi connectivity index (χ4v) is 5.06. The molecule has 1 atom stereocenters. The largest absolute Gasteiger partial charge is 0.330 e. The summed E-state index contributed by atoms with van der Waals surface area (Å²) in [7, 11) is -8.61. The van der Waals surface area contributed by atoms with Gasteiger partial charge < -0.3 is 19.6 Å². The Morgan fingerprint density at radius 2 is 1.65 bits per heavy atom. The molecule has 0 aromatic rings. The predicted molar refractivity (Wildman–Crippen MR) is 74.0 cm³/mol. The lowest BCUT2D eigenvalue weighted by Gasteiger charge is -2.42. The zero-order chi connectivity index (χ0) is 15.4. The number of nitrogens with one attached hydrogen (secondary N) is 2. The van der Waals surface area contributed by atoms with Crippen molar-refractivity contribution in [2.24, 2.45) is 0 Å². The van der Waals surface area contributed by atoms with Gasteiger partial charge in [-0.1, -0.05) is 19.3 Å². The SMILES string of the molecule is [NH]NC1(C(CCCP(=O)(O)O)P(=O)(O)O)CCCCC1. The molecule has 1 rings (SSSR count). The molecular weight excluding hydrogens is 306 g/mol. The molecule has 0 heterocycles. The van der Waals surface area contributed by atoms with Gasteiger partial charge in [0.2, 0.25) is 0 Å². The molecule has 1 aliphatic carbocycles. The first-order valence-electron chi connectivity index (χ1n) is 6.64. The smallest absolute Gasteiger partial charge is 0.324 e. The van der Waals surface area contributed by atoms with E-state index >= 15 is 0 Å². The highest BCUT2D eigenvalue weighted by Gasteiger charge is 2.47.